The third kappa shape index (κ3) is 3.73. The number of carbonyl (C=O) groups excluding carboxylic acids is 1. The lowest BCUT2D eigenvalue weighted by Gasteiger charge is -2.18. The molecule has 0 radical (unpaired) electrons. The molecule has 3 heteroatoms. The normalized spacial score (nSPS) is 12.0. The molecule has 0 aliphatic rings. The Balaban J connectivity index is 2.09. The summed E-state index contributed by atoms with van der Waals surface area (Å²) >= 11 is 0. The average Bonchev–Trinajstić information content (AvgIpc) is 2.45. The van der Waals surface area contributed by atoms with Crippen molar-refractivity contribution in [3.05, 3.63) is 70.0 Å². The van der Waals surface area contributed by atoms with Gasteiger partial charge in [0, 0.05) is 0 Å². The Morgan fingerprint density at radius 2 is 1.73 bits per heavy atom. The number of benzene rings is 2. The molecule has 2 aromatic rings. The summed E-state index contributed by atoms with van der Waals surface area (Å²) in [6.07, 6.45) is 0.0565. The molecule has 0 heterocycles. The van der Waals surface area contributed by atoms with Crippen LogP contribution in [0.4, 0.5) is 4.39 Å². The highest BCUT2D eigenvalue weighted by Crippen LogP contribution is 2.21. The number of amides is 1. The van der Waals surface area contributed by atoms with Gasteiger partial charge >= 0.3 is 0 Å². The number of hydrogen-bond donors (Lipinski definition) is 1. The van der Waals surface area contributed by atoms with Gasteiger partial charge in [-0.1, -0.05) is 30.3 Å². The van der Waals surface area contributed by atoms with Crippen molar-refractivity contribution in [2.75, 3.05) is 0 Å². The van der Waals surface area contributed by atoms with Crippen molar-refractivity contribution in [2.24, 2.45) is 0 Å². The highest BCUT2D eigenvalue weighted by molar-refractivity contribution is 5.79. The third-order valence-electron chi connectivity index (χ3n) is 4.04. The molecule has 1 atom stereocenters. The summed E-state index contributed by atoms with van der Waals surface area (Å²) in [6, 6.07) is 10.5. The van der Waals surface area contributed by atoms with Crippen LogP contribution in [0.2, 0.25) is 0 Å². The van der Waals surface area contributed by atoms with E-state index >= 15 is 0 Å². The Labute approximate surface area is 131 Å². The van der Waals surface area contributed by atoms with Gasteiger partial charge in [0.15, 0.2) is 0 Å². The van der Waals surface area contributed by atoms with E-state index in [9.17, 15) is 9.18 Å². The van der Waals surface area contributed by atoms with Gasteiger partial charge in [0.25, 0.3) is 0 Å². The second-order valence-corrected chi connectivity index (χ2v) is 5.85. The maximum Gasteiger partial charge on any atom is 0.225 e. The number of carbonyl (C=O) groups is 1. The Kier molecular flexibility index (Phi) is 4.96. The Bertz CT molecular complexity index is 694. The van der Waals surface area contributed by atoms with Crippen LogP contribution in [-0.2, 0) is 11.2 Å². The largest absolute Gasteiger partial charge is 0.349 e. The second-order valence-electron chi connectivity index (χ2n) is 5.85. The molecule has 2 aromatic carbocycles. The van der Waals surface area contributed by atoms with Crippen LogP contribution in [0.15, 0.2) is 36.4 Å². The molecule has 0 unspecified atom stereocenters. The first-order valence-corrected chi connectivity index (χ1v) is 7.49. The van der Waals surface area contributed by atoms with Gasteiger partial charge in [0.1, 0.15) is 5.82 Å². The topological polar surface area (TPSA) is 29.1 Å². The van der Waals surface area contributed by atoms with Crippen molar-refractivity contribution in [2.45, 2.75) is 40.2 Å². The summed E-state index contributed by atoms with van der Waals surface area (Å²) in [4.78, 5) is 12.1. The van der Waals surface area contributed by atoms with Gasteiger partial charge in [0.2, 0.25) is 5.91 Å². The molecule has 0 aliphatic carbocycles. The van der Waals surface area contributed by atoms with Crippen molar-refractivity contribution >= 4 is 5.91 Å². The molecular formula is C19H22FNO. The van der Waals surface area contributed by atoms with Gasteiger partial charge < -0.3 is 5.32 Å². The van der Waals surface area contributed by atoms with Crippen molar-refractivity contribution in [1.82, 2.24) is 5.32 Å². The minimum Gasteiger partial charge on any atom is -0.349 e. The fraction of sp³-hybridized carbons (Fsp3) is 0.316. The van der Waals surface area contributed by atoms with Gasteiger partial charge in [0.05, 0.1) is 12.5 Å². The van der Waals surface area contributed by atoms with E-state index in [0.717, 1.165) is 11.1 Å². The monoisotopic (exact) mass is 299 g/mol. The first kappa shape index (κ1) is 16.2. The molecule has 116 valence electrons. The van der Waals surface area contributed by atoms with E-state index < -0.39 is 0 Å². The first-order chi connectivity index (χ1) is 10.4. The summed E-state index contributed by atoms with van der Waals surface area (Å²) in [5, 5.41) is 2.95. The van der Waals surface area contributed by atoms with Crippen molar-refractivity contribution in [3.63, 3.8) is 0 Å². The minimum absolute atomic E-state index is 0.0565. The molecule has 0 aromatic heterocycles. The zero-order valence-corrected chi connectivity index (χ0v) is 13.5. The second kappa shape index (κ2) is 6.73. The van der Waals surface area contributed by atoms with Crippen molar-refractivity contribution in [3.8, 4) is 0 Å². The van der Waals surface area contributed by atoms with Gasteiger partial charge in [-0.3, -0.25) is 4.79 Å². The Hall–Kier alpha value is -2.16. The quantitative estimate of drug-likeness (QED) is 0.902. The van der Waals surface area contributed by atoms with Crippen LogP contribution in [0.25, 0.3) is 0 Å². The molecular weight excluding hydrogens is 277 g/mol. The smallest absolute Gasteiger partial charge is 0.225 e. The fourth-order valence-corrected chi connectivity index (χ4v) is 2.63. The lowest BCUT2D eigenvalue weighted by Crippen LogP contribution is -2.28. The Morgan fingerprint density at radius 3 is 2.41 bits per heavy atom. The summed E-state index contributed by atoms with van der Waals surface area (Å²) in [7, 11) is 0. The van der Waals surface area contributed by atoms with E-state index in [1.165, 1.54) is 17.2 Å². The number of rotatable bonds is 4. The molecule has 2 rings (SSSR count). The van der Waals surface area contributed by atoms with Crippen LogP contribution in [0, 0.1) is 26.6 Å². The number of hydrogen-bond acceptors (Lipinski definition) is 1. The molecule has 0 bridgehead atoms. The fourth-order valence-electron chi connectivity index (χ4n) is 2.63. The Morgan fingerprint density at radius 1 is 1.09 bits per heavy atom. The molecule has 1 amide bonds. The predicted octanol–water partition coefficient (Wildman–Crippen LogP) is 4.17. The molecule has 0 spiro atoms. The maximum atomic E-state index is 13.6. The van der Waals surface area contributed by atoms with E-state index in [0.29, 0.717) is 5.56 Å². The van der Waals surface area contributed by atoms with E-state index in [1.54, 1.807) is 18.2 Å². The van der Waals surface area contributed by atoms with Crippen LogP contribution in [0.3, 0.4) is 0 Å². The highest BCUT2D eigenvalue weighted by atomic mass is 19.1. The average molecular weight is 299 g/mol. The van der Waals surface area contributed by atoms with Crippen molar-refractivity contribution < 1.29 is 9.18 Å². The molecule has 1 N–H and O–H groups in total. The number of nitrogens with one attached hydrogen (secondary N) is 1. The van der Waals surface area contributed by atoms with Crippen LogP contribution in [0.5, 0.6) is 0 Å². The molecule has 0 fully saturated rings. The zero-order chi connectivity index (χ0) is 16.3. The summed E-state index contributed by atoms with van der Waals surface area (Å²) in [6.45, 7) is 8.14. The SMILES string of the molecule is Cc1cc(C)c([C@@H](C)NC(=O)Cc2ccccc2F)cc1C. The lowest BCUT2D eigenvalue weighted by molar-refractivity contribution is -0.121. The molecule has 0 saturated carbocycles. The lowest BCUT2D eigenvalue weighted by atomic mass is 9.96. The molecule has 0 aliphatic heterocycles. The number of halogens is 1. The molecule has 2 nitrogen and oxygen atoms in total. The van der Waals surface area contributed by atoms with Gasteiger partial charge in [-0.25, -0.2) is 4.39 Å². The van der Waals surface area contributed by atoms with Crippen LogP contribution in [-0.4, -0.2) is 5.91 Å². The summed E-state index contributed by atoms with van der Waals surface area (Å²) in [5.41, 5.74) is 5.12. The van der Waals surface area contributed by atoms with Crippen LogP contribution in [0.1, 0.15) is 40.8 Å². The third-order valence-corrected chi connectivity index (χ3v) is 4.04. The molecule has 0 saturated heterocycles. The van der Waals surface area contributed by atoms with Crippen LogP contribution < -0.4 is 5.32 Å². The van der Waals surface area contributed by atoms with E-state index in [2.05, 4.69) is 31.3 Å². The number of aryl methyl sites for hydroxylation is 3. The highest BCUT2D eigenvalue weighted by Gasteiger charge is 2.14. The van der Waals surface area contributed by atoms with E-state index in [1.807, 2.05) is 13.8 Å². The maximum absolute atomic E-state index is 13.6. The van der Waals surface area contributed by atoms with Gasteiger partial charge in [-0.15, -0.1) is 0 Å². The minimum atomic E-state index is -0.340. The summed E-state index contributed by atoms with van der Waals surface area (Å²) in [5.74, 6) is -0.511. The van der Waals surface area contributed by atoms with E-state index in [-0.39, 0.29) is 24.2 Å². The first-order valence-electron chi connectivity index (χ1n) is 7.49. The van der Waals surface area contributed by atoms with Gasteiger partial charge in [-0.05, 0) is 61.6 Å². The standard InChI is InChI=1S/C19H22FNO/c1-12-9-14(3)17(10-13(12)2)15(4)21-19(22)11-16-7-5-6-8-18(16)20/h5-10,15H,11H2,1-4H3,(H,21,22)/t15-/m1/s1. The summed E-state index contributed by atoms with van der Waals surface area (Å²) < 4.78 is 13.6. The van der Waals surface area contributed by atoms with Gasteiger partial charge in [-0.2, -0.15) is 0 Å². The predicted molar refractivity (Wildman–Crippen MR) is 87.3 cm³/mol. The van der Waals surface area contributed by atoms with Crippen LogP contribution >= 0.6 is 0 Å². The van der Waals surface area contributed by atoms with Crippen molar-refractivity contribution in [1.29, 1.82) is 0 Å². The molecule has 22 heavy (non-hydrogen) atoms. The zero-order valence-electron chi connectivity index (χ0n) is 13.5. The van der Waals surface area contributed by atoms with E-state index in [4.69, 9.17) is 0 Å².